The molecule has 2 aliphatic rings. The number of aliphatic hydroxyl groups is 1. The number of aliphatic hydroxyl groups excluding tert-OH is 1. The zero-order chi connectivity index (χ0) is 10.0. The Morgan fingerprint density at radius 3 is 2.50 bits per heavy atom. The average molecular weight is 197 g/mol. The standard InChI is InChI=1S/C12H23NO/c1-12(7-4-8-12)9-13-10-5-2-3-6-11(10)14/h10-11,13-14H,2-9H2,1H3/t10-,11-/m1/s1. The van der Waals surface area contributed by atoms with Crippen molar-refractivity contribution in [1.29, 1.82) is 0 Å². The first-order valence-electron chi connectivity index (χ1n) is 6.11. The van der Waals surface area contributed by atoms with Crippen LogP contribution in [0.15, 0.2) is 0 Å². The van der Waals surface area contributed by atoms with Gasteiger partial charge in [-0.1, -0.05) is 26.2 Å². The van der Waals surface area contributed by atoms with Gasteiger partial charge in [-0.2, -0.15) is 0 Å². The third-order valence-electron chi connectivity index (χ3n) is 4.08. The highest BCUT2D eigenvalue weighted by molar-refractivity contribution is 4.88. The maximum absolute atomic E-state index is 9.79. The Morgan fingerprint density at radius 1 is 1.21 bits per heavy atom. The van der Waals surface area contributed by atoms with Crippen molar-refractivity contribution in [3.8, 4) is 0 Å². The molecule has 0 aliphatic heterocycles. The van der Waals surface area contributed by atoms with E-state index in [9.17, 15) is 5.11 Å². The van der Waals surface area contributed by atoms with E-state index >= 15 is 0 Å². The highest BCUT2D eigenvalue weighted by Crippen LogP contribution is 2.39. The Bertz CT molecular complexity index is 189. The summed E-state index contributed by atoms with van der Waals surface area (Å²) in [6.45, 7) is 3.47. The highest BCUT2D eigenvalue weighted by atomic mass is 16.3. The molecule has 0 amide bonds. The van der Waals surface area contributed by atoms with Crippen molar-refractivity contribution in [2.75, 3.05) is 6.54 Å². The summed E-state index contributed by atoms with van der Waals surface area (Å²) in [5.41, 5.74) is 0.539. The van der Waals surface area contributed by atoms with Gasteiger partial charge in [0.2, 0.25) is 0 Å². The van der Waals surface area contributed by atoms with E-state index in [2.05, 4.69) is 12.2 Å². The van der Waals surface area contributed by atoms with Crippen LogP contribution in [0.4, 0.5) is 0 Å². The van der Waals surface area contributed by atoms with E-state index in [-0.39, 0.29) is 6.10 Å². The number of rotatable bonds is 3. The van der Waals surface area contributed by atoms with Gasteiger partial charge in [0, 0.05) is 12.6 Å². The fourth-order valence-corrected chi connectivity index (χ4v) is 2.68. The quantitative estimate of drug-likeness (QED) is 0.726. The normalized spacial score (nSPS) is 36.4. The number of nitrogens with one attached hydrogen (secondary N) is 1. The summed E-state index contributed by atoms with van der Waals surface area (Å²) in [6.07, 6.45) is 8.68. The van der Waals surface area contributed by atoms with E-state index in [1.54, 1.807) is 0 Å². The summed E-state index contributed by atoms with van der Waals surface area (Å²) in [7, 11) is 0. The lowest BCUT2D eigenvalue weighted by molar-refractivity contribution is 0.0725. The van der Waals surface area contributed by atoms with Gasteiger partial charge in [0.25, 0.3) is 0 Å². The molecule has 82 valence electrons. The molecule has 14 heavy (non-hydrogen) atoms. The van der Waals surface area contributed by atoms with Gasteiger partial charge < -0.3 is 10.4 Å². The summed E-state index contributed by atoms with van der Waals surface area (Å²) < 4.78 is 0. The highest BCUT2D eigenvalue weighted by Gasteiger charge is 2.33. The van der Waals surface area contributed by atoms with Crippen LogP contribution in [-0.2, 0) is 0 Å². The molecule has 0 saturated heterocycles. The molecule has 0 aromatic heterocycles. The Kier molecular flexibility index (Phi) is 3.13. The fourth-order valence-electron chi connectivity index (χ4n) is 2.68. The van der Waals surface area contributed by atoms with Crippen LogP contribution in [0.2, 0.25) is 0 Å². The molecule has 0 radical (unpaired) electrons. The molecule has 0 spiro atoms. The van der Waals surface area contributed by atoms with Crippen LogP contribution in [0.5, 0.6) is 0 Å². The van der Waals surface area contributed by atoms with Gasteiger partial charge in [0.15, 0.2) is 0 Å². The summed E-state index contributed by atoms with van der Waals surface area (Å²) in [5, 5.41) is 13.4. The minimum Gasteiger partial charge on any atom is -0.392 e. The second-order valence-corrected chi connectivity index (χ2v) is 5.50. The van der Waals surface area contributed by atoms with Gasteiger partial charge >= 0.3 is 0 Å². The third kappa shape index (κ3) is 2.29. The van der Waals surface area contributed by atoms with Crippen LogP contribution in [-0.4, -0.2) is 23.8 Å². The van der Waals surface area contributed by atoms with Gasteiger partial charge in [-0.05, 0) is 31.1 Å². The molecule has 0 aromatic carbocycles. The van der Waals surface area contributed by atoms with E-state index in [1.165, 1.54) is 32.1 Å². The largest absolute Gasteiger partial charge is 0.392 e. The van der Waals surface area contributed by atoms with Crippen LogP contribution >= 0.6 is 0 Å². The van der Waals surface area contributed by atoms with Crippen molar-refractivity contribution < 1.29 is 5.11 Å². The Labute approximate surface area is 87.1 Å². The zero-order valence-corrected chi connectivity index (χ0v) is 9.26. The molecule has 2 nitrogen and oxygen atoms in total. The molecule has 0 heterocycles. The fraction of sp³-hybridized carbons (Fsp3) is 1.00. The summed E-state index contributed by atoms with van der Waals surface area (Å²) in [4.78, 5) is 0. The molecule has 2 aliphatic carbocycles. The summed E-state index contributed by atoms with van der Waals surface area (Å²) >= 11 is 0. The summed E-state index contributed by atoms with van der Waals surface area (Å²) in [5.74, 6) is 0. The minimum absolute atomic E-state index is 0.0903. The molecule has 2 saturated carbocycles. The Hall–Kier alpha value is -0.0800. The van der Waals surface area contributed by atoms with Crippen molar-refractivity contribution >= 4 is 0 Å². The zero-order valence-electron chi connectivity index (χ0n) is 9.26. The number of hydrogen-bond donors (Lipinski definition) is 2. The Balaban J connectivity index is 1.73. The maximum Gasteiger partial charge on any atom is 0.0693 e. The van der Waals surface area contributed by atoms with Gasteiger partial charge in [0.05, 0.1) is 6.10 Å². The molecule has 2 heteroatoms. The second-order valence-electron chi connectivity index (χ2n) is 5.50. The van der Waals surface area contributed by atoms with Gasteiger partial charge in [0.1, 0.15) is 0 Å². The predicted octanol–water partition coefficient (Wildman–Crippen LogP) is 2.07. The average Bonchev–Trinajstić information content (AvgIpc) is 2.14. The molecule has 2 atom stereocenters. The molecule has 0 unspecified atom stereocenters. The van der Waals surface area contributed by atoms with E-state index in [4.69, 9.17) is 0 Å². The Morgan fingerprint density at radius 2 is 1.93 bits per heavy atom. The smallest absolute Gasteiger partial charge is 0.0693 e. The van der Waals surface area contributed by atoms with Gasteiger partial charge in [-0.25, -0.2) is 0 Å². The first kappa shape index (κ1) is 10.4. The third-order valence-corrected chi connectivity index (χ3v) is 4.08. The SMILES string of the molecule is CC1(CN[C@@H]2CCCC[C@H]2O)CCC1. The van der Waals surface area contributed by atoms with Crippen LogP contribution in [0, 0.1) is 5.41 Å². The first-order chi connectivity index (χ1) is 6.70. The molecule has 2 N–H and O–H groups in total. The van der Waals surface area contributed by atoms with Crippen molar-refractivity contribution in [2.45, 2.75) is 64.0 Å². The summed E-state index contributed by atoms with van der Waals surface area (Å²) in [6, 6.07) is 0.376. The molecular weight excluding hydrogens is 174 g/mol. The van der Waals surface area contributed by atoms with E-state index in [0.29, 0.717) is 11.5 Å². The molecule has 2 rings (SSSR count). The predicted molar refractivity (Wildman–Crippen MR) is 58.2 cm³/mol. The maximum atomic E-state index is 9.79. The van der Waals surface area contributed by atoms with Gasteiger partial charge in [-0.15, -0.1) is 0 Å². The molecule has 2 fully saturated rings. The molecule has 0 bridgehead atoms. The second kappa shape index (κ2) is 4.19. The van der Waals surface area contributed by atoms with Crippen LogP contribution in [0.3, 0.4) is 0 Å². The van der Waals surface area contributed by atoms with Crippen molar-refractivity contribution in [3.63, 3.8) is 0 Å². The van der Waals surface area contributed by atoms with Crippen molar-refractivity contribution in [2.24, 2.45) is 5.41 Å². The van der Waals surface area contributed by atoms with Crippen molar-refractivity contribution in [3.05, 3.63) is 0 Å². The van der Waals surface area contributed by atoms with Crippen LogP contribution in [0.25, 0.3) is 0 Å². The minimum atomic E-state index is -0.0903. The van der Waals surface area contributed by atoms with E-state index in [0.717, 1.165) is 19.4 Å². The van der Waals surface area contributed by atoms with Crippen LogP contribution in [0.1, 0.15) is 51.9 Å². The van der Waals surface area contributed by atoms with E-state index in [1.807, 2.05) is 0 Å². The monoisotopic (exact) mass is 197 g/mol. The lowest BCUT2D eigenvalue weighted by atomic mass is 9.70. The number of hydrogen-bond acceptors (Lipinski definition) is 2. The lowest BCUT2D eigenvalue weighted by Gasteiger charge is -2.41. The molecular formula is C12H23NO. The topological polar surface area (TPSA) is 32.3 Å². The first-order valence-corrected chi connectivity index (χ1v) is 6.11. The molecule has 0 aromatic rings. The lowest BCUT2D eigenvalue weighted by Crippen LogP contribution is -2.47. The van der Waals surface area contributed by atoms with Gasteiger partial charge in [-0.3, -0.25) is 0 Å². The van der Waals surface area contributed by atoms with Crippen LogP contribution < -0.4 is 5.32 Å². The van der Waals surface area contributed by atoms with E-state index < -0.39 is 0 Å². The van der Waals surface area contributed by atoms with Crippen molar-refractivity contribution in [1.82, 2.24) is 5.32 Å².